The molecule has 0 spiro atoms. The lowest BCUT2D eigenvalue weighted by atomic mass is 10.2. The Balaban J connectivity index is -0.000000141. The zero-order chi connectivity index (χ0) is 22.8. The van der Waals surface area contributed by atoms with Gasteiger partial charge in [-0.2, -0.15) is 0 Å². The Bertz CT molecular complexity index is 215. The molecule has 10 heteroatoms. The highest BCUT2D eigenvalue weighted by Crippen LogP contribution is 2.11. The van der Waals surface area contributed by atoms with E-state index in [2.05, 4.69) is 58.7 Å². The Morgan fingerprint density at radius 2 is 0.714 bits per heavy atom. The lowest BCUT2D eigenvalue weighted by molar-refractivity contribution is 0.250. The molecule has 28 heavy (non-hydrogen) atoms. The van der Waals surface area contributed by atoms with Gasteiger partial charge in [0.2, 0.25) is 0 Å². The fourth-order valence-corrected chi connectivity index (χ4v) is 2.28. The van der Waals surface area contributed by atoms with Gasteiger partial charge >= 0.3 is 8.60 Å². The summed E-state index contributed by atoms with van der Waals surface area (Å²) in [6.07, 6.45) is 13.0. The maximum absolute atomic E-state index is 8.64. The number of aliphatic hydroxyl groups is 3. The van der Waals surface area contributed by atoms with E-state index < -0.39 is 24.9 Å². The van der Waals surface area contributed by atoms with E-state index in [1.54, 1.807) is 0 Å². The first kappa shape index (κ1) is 36.6. The van der Waals surface area contributed by atoms with Crippen LogP contribution in [0.3, 0.4) is 0 Å². The van der Waals surface area contributed by atoms with Crippen LogP contribution in [0.25, 0.3) is 0 Å². The van der Waals surface area contributed by atoms with Crippen molar-refractivity contribution in [1.82, 2.24) is 0 Å². The molecule has 0 fully saturated rings. The molecule has 0 saturated heterocycles. The summed E-state index contributed by atoms with van der Waals surface area (Å²) in [6.45, 7) is 6.43. The van der Waals surface area contributed by atoms with Crippen molar-refractivity contribution in [2.75, 3.05) is 0 Å². The average molecular weight is 485 g/mol. The van der Waals surface area contributed by atoms with Crippen LogP contribution in [0.4, 0.5) is 0 Å². The van der Waals surface area contributed by atoms with Crippen molar-refractivity contribution in [3.05, 3.63) is 0 Å². The molecule has 176 valence electrons. The Hall–Kier alpha value is 1.24. The second-order valence-corrected chi connectivity index (χ2v) is 8.52. The first-order chi connectivity index (χ1) is 13.0. The summed E-state index contributed by atoms with van der Waals surface area (Å²) in [6, 6.07) is 0. The van der Waals surface area contributed by atoms with Gasteiger partial charge in [-0.25, -0.2) is 0 Å². The maximum Gasteiger partial charge on any atom is 0.324 e. The molecule has 0 aliphatic heterocycles. The van der Waals surface area contributed by atoms with E-state index >= 15 is 0 Å². The van der Waals surface area contributed by atoms with Crippen LogP contribution in [0.5, 0.6) is 0 Å². The molecular formula is C18H45O6PS3. The van der Waals surface area contributed by atoms with Crippen LogP contribution >= 0.6 is 46.5 Å². The highest BCUT2D eigenvalue weighted by molar-refractivity contribution is 7.81. The van der Waals surface area contributed by atoms with E-state index in [1.807, 2.05) is 0 Å². The molecule has 0 aromatic carbocycles. The summed E-state index contributed by atoms with van der Waals surface area (Å²) in [7, 11) is -2.62. The van der Waals surface area contributed by atoms with E-state index in [0.717, 1.165) is 38.5 Å². The predicted octanol–water partition coefficient (Wildman–Crippen LogP) is 4.63. The van der Waals surface area contributed by atoms with Gasteiger partial charge in [-0.1, -0.05) is 78.6 Å². The van der Waals surface area contributed by atoms with Crippen molar-refractivity contribution in [3.63, 3.8) is 0 Å². The second-order valence-electron chi connectivity index (χ2n) is 6.20. The first-order valence-corrected chi connectivity index (χ1v) is 12.7. The maximum atomic E-state index is 8.64. The topological polar surface area (TPSA) is 121 Å². The second kappa shape index (κ2) is 32.9. The number of aliphatic hydroxyl groups excluding tert-OH is 3. The highest BCUT2D eigenvalue weighted by atomic mass is 32.1. The van der Waals surface area contributed by atoms with Gasteiger partial charge in [0, 0.05) is 0 Å². The number of hydrogen-bond acceptors (Lipinski definition) is 9. The van der Waals surface area contributed by atoms with Crippen molar-refractivity contribution in [3.8, 4) is 0 Å². The molecule has 6 N–H and O–H groups in total. The third-order valence-electron chi connectivity index (χ3n) is 3.20. The minimum Gasteiger partial charge on any atom is -0.383 e. The monoisotopic (exact) mass is 484 g/mol. The number of thiol groups is 3. The molecule has 0 bridgehead atoms. The van der Waals surface area contributed by atoms with Crippen molar-refractivity contribution in [2.45, 2.75) is 114 Å². The van der Waals surface area contributed by atoms with Crippen LogP contribution in [0, 0.1) is 0 Å². The third-order valence-corrected chi connectivity index (χ3v) is 3.97. The zero-order valence-electron chi connectivity index (χ0n) is 17.7. The summed E-state index contributed by atoms with van der Waals surface area (Å²) in [5, 5.41) is 25.9. The fourth-order valence-electron chi connectivity index (χ4n) is 1.73. The predicted molar refractivity (Wildman–Crippen MR) is 131 cm³/mol. The van der Waals surface area contributed by atoms with Crippen LogP contribution < -0.4 is 0 Å². The van der Waals surface area contributed by atoms with Crippen molar-refractivity contribution < 1.29 is 30.0 Å². The van der Waals surface area contributed by atoms with Gasteiger partial charge in [-0.3, -0.25) is 0 Å². The molecule has 0 aliphatic rings. The van der Waals surface area contributed by atoms with Gasteiger partial charge in [0.1, 0.15) is 0 Å². The molecule has 6 nitrogen and oxygen atoms in total. The summed E-state index contributed by atoms with van der Waals surface area (Å²) in [5.74, 6) is 0. The number of hydrogen-bond donors (Lipinski definition) is 9. The largest absolute Gasteiger partial charge is 0.383 e. The van der Waals surface area contributed by atoms with Crippen LogP contribution in [0.2, 0.25) is 0 Å². The standard InChI is InChI=1S/3C6H14OS.H3O3P/c3*1-2-3-4-5-6(7)8;1-4(2)3/h3*6-8H,2-5H2,1H3;1-3H. The molecule has 0 aromatic rings. The smallest absolute Gasteiger partial charge is 0.324 e. The molecule has 0 heterocycles. The van der Waals surface area contributed by atoms with Gasteiger partial charge in [-0.05, 0) is 19.3 Å². The summed E-state index contributed by atoms with van der Waals surface area (Å²) in [4.78, 5) is 21.7. The highest BCUT2D eigenvalue weighted by Gasteiger charge is 1.94. The SMILES string of the molecule is CCCCCC(O)S.CCCCCC(O)S.CCCCCC(O)S.OP(O)O. The summed E-state index contributed by atoms with van der Waals surface area (Å²) >= 11 is 11.5. The average Bonchev–Trinajstić information content (AvgIpc) is 2.55. The minimum atomic E-state index is -2.62. The Labute approximate surface area is 190 Å². The van der Waals surface area contributed by atoms with E-state index in [4.69, 9.17) is 30.0 Å². The van der Waals surface area contributed by atoms with Gasteiger partial charge in [0.05, 0.1) is 16.3 Å². The van der Waals surface area contributed by atoms with E-state index in [0.29, 0.717) is 0 Å². The van der Waals surface area contributed by atoms with Crippen LogP contribution in [0.1, 0.15) is 97.8 Å². The van der Waals surface area contributed by atoms with Crippen LogP contribution in [-0.2, 0) is 0 Å². The molecule has 0 rings (SSSR count). The fraction of sp³-hybridized carbons (Fsp3) is 1.00. The Morgan fingerprint density at radius 3 is 0.821 bits per heavy atom. The lowest BCUT2D eigenvalue weighted by Gasteiger charge is -1.99. The van der Waals surface area contributed by atoms with Crippen molar-refractivity contribution in [2.24, 2.45) is 0 Å². The molecule has 0 saturated carbocycles. The first-order valence-electron chi connectivity index (χ1n) is 10.00. The molecule has 0 aromatic heterocycles. The molecule has 0 radical (unpaired) electrons. The molecule has 0 amide bonds. The van der Waals surface area contributed by atoms with Crippen molar-refractivity contribution >= 4 is 46.5 Å². The summed E-state index contributed by atoms with van der Waals surface area (Å²) < 4.78 is 0. The quantitative estimate of drug-likeness (QED) is 0.0861. The lowest BCUT2D eigenvalue weighted by Crippen LogP contribution is -1.93. The number of unbranched alkanes of at least 4 members (excludes halogenated alkanes) is 6. The van der Waals surface area contributed by atoms with E-state index in [1.165, 1.54) is 38.5 Å². The third kappa shape index (κ3) is 71.1. The van der Waals surface area contributed by atoms with Crippen LogP contribution in [0.15, 0.2) is 0 Å². The van der Waals surface area contributed by atoms with Gasteiger partial charge in [-0.15, -0.1) is 37.9 Å². The van der Waals surface area contributed by atoms with Crippen molar-refractivity contribution in [1.29, 1.82) is 0 Å². The molecule has 3 atom stereocenters. The van der Waals surface area contributed by atoms with Crippen LogP contribution in [-0.4, -0.2) is 46.3 Å². The van der Waals surface area contributed by atoms with Gasteiger partial charge in [0.25, 0.3) is 0 Å². The van der Waals surface area contributed by atoms with E-state index in [9.17, 15) is 0 Å². The molecular weight excluding hydrogens is 439 g/mol. The Morgan fingerprint density at radius 1 is 0.536 bits per heavy atom. The molecule has 3 unspecified atom stereocenters. The normalized spacial score (nSPS) is 13.2. The minimum absolute atomic E-state index is 0.401. The molecule has 0 aliphatic carbocycles. The zero-order valence-corrected chi connectivity index (χ0v) is 21.3. The van der Waals surface area contributed by atoms with E-state index in [-0.39, 0.29) is 0 Å². The van der Waals surface area contributed by atoms with Gasteiger partial charge in [0.15, 0.2) is 0 Å². The summed E-state index contributed by atoms with van der Waals surface area (Å²) in [5.41, 5.74) is -1.20. The van der Waals surface area contributed by atoms with Gasteiger partial charge < -0.3 is 30.0 Å². The Kier molecular flexibility index (Phi) is 43.0. The number of rotatable bonds is 12.